The summed E-state index contributed by atoms with van der Waals surface area (Å²) in [6, 6.07) is 3.28. The Hall–Kier alpha value is -2.64. The molecular formula is C10H9N3O5. The van der Waals surface area contributed by atoms with Crippen LogP contribution in [0.15, 0.2) is 18.2 Å². The van der Waals surface area contributed by atoms with E-state index in [1.54, 1.807) is 0 Å². The maximum Gasteiger partial charge on any atom is 0.329 e. The lowest BCUT2D eigenvalue weighted by atomic mass is 10.2. The Morgan fingerprint density at radius 1 is 1.44 bits per heavy atom. The Balaban J connectivity index is 2.47. The predicted molar refractivity (Wildman–Crippen MR) is 60.5 cm³/mol. The van der Waals surface area contributed by atoms with Crippen LogP contribution in [0.1, 0.15) is 0 Å². The van der Waals surface area contributed by atoms with E-state index < -0.39 is 16.9 Å². The van der Waals surface area contributed by atoms with Crippen molar-refractivity contribution < 1.29 is 19.2 Å². The molecule has 0 unspecified atom stereocenters. The summed E-state index contributed by atoms with van der Waals surface area (Å²) in [6.45, 7) is -0.112. The molecular weight excluding hydrogens is 242 g/mol. The molecule has 1 N–H and O–H groups in total. The fourth-order valence-corrected chi connectivity index (χ4v) is 1.64. The number of nitrogens with zero attached hydrogens (tertiary/aromatic N) is 2. The van der Waals surface area contributed by atoms with Crippen molar-refractivity contribution in [2.45, 2.75) is 0 Å². The third-order valence-corrected chi connectivity index (χ3v) is 2.46. The van der Waals surface area contributed by atoms with Crippen LogP contribution < -0.4 is 15.0 Å². The molecule has 0 aliphatic carbocycles. The molecule has 0 spiro atoms. The Morgan fingerprint density at radius 2 is 2.17 bits per heavy atom. The van der Waals surface area contributed by atoms with E-state index in [1.165, 1.54) is 19.2 Å². The van der Waals surface area contributed by atoms with Crippen molar-refractivity contribution in [1.29, 1.82) is 0 Å². The molecule has 1 fully saturated rings. The number of imide groups is 1. The van der Waals surface area contributed by atoms with E-state index in [-0.39, 0.29) is 23.7 Å². The Morgan fingerprint density at radius 3 is 2.67 bits per heavy atom. The number of nitro groups is 1. The van der Waals surface area contributed by atoms with Crippen molar-refractivity contribution in [2.75, 3.05) is 18.6 Å². The smallest absolute Gasteiger partial charge is 0.329 e. The van der Waals surface area contributed by atoms with Crippen LogP contribution in [-0.4, -0.2) is 30.5 Å². The van der Waals surface area contributed by atoms with Gasteiger partial charge in [0.25, 0.3) is 5.91 Å². The van der Waals surface area contributed by atoms with E-state index in [9.17, 15) is 19.7 Å². The van der Waals surface area contributed by atoms with E-state index in [2.05, 4.69) is 5.32 Å². The largest absolute Gasteiger partial charge is 0.490 e. The molecule has 0 bridgehead atoms. The van der Waals surface area contributed by atoms with Gasteiger partial charge in [-0.3, -0.25) is 14.9 Å². The molecule has 18 heavy (non-hydrogen) atoms. The molecule has 1 aromatic carbocycles. The monoisotopic (exact) mass is 251 g/mol. The molecule has 8 nitrogen and oxygen atoms in total. The molecule has 1 aliphatic heterocycles. The van der Waals surface area contributed by atoms with Gasteiger partial charge in [0.2, 0.25) is 0 Å². The number of benzene rings is 1. The minimum Gasteiger partial charge on any atom is -0.490 e. The van der Waals surface area contributed by atoms with Gasteiger partial charge in [-0.25, -0.2) is 9.69 Å². The van der Waals surface area contributed by atoms with Crippen LogP contribution in [0.5, 0.6) is 5.75 Å². The van der Waals surface area contributed by atoms with Crippen LogP contribution in [-0.2, 0) is 4.79 Å². The van der Waals surface area contributed by atoms with Crippen molar-refractivity contribution in [2.24, 2.45) is 0 Å². The number of hydrogen-bond donors (Lipinski definition) is 1. The summed E-state index contributed by atoms with van der Waals surface area (Å²) in [6.07, 6.45) is 0. The molecule has 1 aliphatic rings. The zero-order chi connectivity index (χ0) is 13.3. The van der Waals surface area contributed by atoms with Crippen molar-refractivity contribution in [3.8, 4) is 5.75 Å². The number of carbonyl (C=O) groups excluding carboxylic acids is 2. The van der Waals surface area contributed by atoms with E-state index in [0.29, 0.717) is 0 Å². The van der Waals surface area contributed by atoms with Crippen LogP contribution in [0.2, 0.25) is 0 Å². The normalized spacial score (nSPS) is 14.6. The van der Waals surface area contributed by atoms with E-state index in [1.807, 2.05) is 0 Å². The lowest BCUT2D eigenvalue weighted by Gasteiger charge is -2.12. The molecule has 3 amide bonds. The Bertz CT molecular complexity index is 526. The highest BCUT2D eigenvalue weighted by Crippen LogP contribution is 2.31. The molecule has 0 saturated carbocycles. The summed E-state index contributed by atoms with van der Waals surface area (Å²) < 4.78 is 4.83. The van der Waals surface area contributed by atoms with Gasteiger partial charge in [-0.15, -0.1) is 0 Å². The number of rotatable bonds is 3. The van der Waals surface area contributed by atoms with Crippen LogP contribution in [0.4, 0.5) is 16.2 Å². The lowest BCUT2D eigenvalue weighted by Crippen LogP contribution is -2.30. The maximum absolute atomic E-state index is 11.5. The van der Waals surface area contributed by atoms with Gasteiger partial charge in [-0.05, 0) is 12.1 Å². The number of carbonyl (C=O) groups is 2. The number of hydrogen-bond acceptors (Lipinski definition) is 5. The van der Waals surface area contributed by atoms with E-state index >= 15 is 0 Å². The van der Waals surface area contributed by atoms with Gasteiger partial charge < -0.3 is 10.1 Å². The summed E-state index contributed by atoms with van der Waals surface area (Å²) in [4.78, 5) is 33.9. The Labute approximate surface area is 101 Å². The molecule has 1 heterocycles. The van der Waals surface area contributed by atoms with Gasteiger partial charge in [-0.1, -0.05) is 0 Å². The lowest BCUT2D eigenvalue weighted by molar-refractivity contribution is -0.385. The van der Waals surface area contributed by atoms with E-state index in [4.69, 9.17) is 4.74 Å². The van der Waals surface area contributed by atoms with Crippen LogP contribution >= 0.6 is 0 Å². The maximum atomic E-state index is 11.5. The molecule has 94 valence electrons. The number of nitrogens with one attached hydrogen (secondary N) is 1. The quantitative estimate of drug-likeness (QED) is 0.483. The summed E-state index contributed by atoms with van der Waals surface area (Å²) in [5.41, 5.74) is -0.162. The molecule has 2 rings (SSSR count). The highest BCUT2D eigenvalue weighted by atomic mass is 16.6. The Kier molecular flexibility index (Phi) is 2.84. The zero-order valence-electron chi connectivity index (χ0n) is 9.37. The minimum absolute atomic E-state index is 0.0656. The fourth-order valence-electron chi connectivity index (χ4n) is 1.64. The molecule has 1 aromatic rings. The van der Waals surface area contributed by atoms with Crippen LogP contribution in [0, 0.1) is 10.1 Å². The number of anilines is 1. The highest BCUT2D eigenvalue weighted by molar-refractivity contribution is 6.19. The van der Waals surface area contributed by atoms with Gasteiger partial charge in [0.1, 0.15) is 0 Å². The first-order valence-electron chi connectivity index (χ1n) is 4.98. The van der Waals surface area contributed by atoms with Gasteiger partial charge in [0, 0.05) is 6.07 Å². The molecule has 1 saturated heterocycles. The molecule has 0 aromatic heterocycles. The molecule has 0 radical (unpaired) electrons. The summed E-state index contributed by atoms with van der Waals surface area (Å²) >= 11 is 0. The van der Waals surface area contributed by atoms with Crippen LogP contribution in [0.3, 0.4) is 0 Å². The number of methoxy groups -OCH3 is 1. The van der Waals surface area contributed by atoms with Crippen molar-refractivity contribution >= 4 is 23.3 Å². The second-order valence-corrected chi connectivity index (χ2v) is 3.50. The third kappa shape index (κ3) is 1.83. The first-order valence-corrected chi connectivity index (χ1v) is 4.98. The SMILES string of the molecule is COc1ccc(N2C(=O)CNC2=O)cc1[N+](=O)[O-]. The highest BCUT2D eigenvalue weighted by Gasteiger charge is 2.31. The minimum atomic E-state index is -0.638. The standard InChI is InChI=1S/C10H9N3O5/c1-18-8-3-2-6(4-7(8)13(16)17)12-9(14)5-11-10(12)15/h2-4H,5H2,1H3,(H,11,15). The number of amides is 3. The summed E-state index contributed by atoms with van der Waals surface area (Å²) in [7, 11) is 1.30. The first kappa shape index (κ1) is 11.8. The molecule has 0 atom stereocenters. The fraction of sp³-hybridized carbons (Fsp3) is 0.200. The first-order chi connectivity index (χ1) is 8.54. The van der Waals surface area contributed by atoms with Crippen molar-refractivity contribution in [1.82, 2.24) is 5.32 Å². The second kappa shape index (κ2) is 4.32. The average molecular weight is 251 g/mol. The molecule has 8 heteroatoms. The predicted octanol–water partition coefficient (Wildman–Crippen LogP) is 0.660. The van der Waals surface area contributed by atoms with Gasteiger partial charge in [-0.2, -0.15) is 0 Å². The summed E-state index contributed by atoms with van der Waals surface area (Å²) in [5, 5.41) is 13.2. The summed E-state index contributed by atoms with van der Waals surface area (Å²) in [5.74, 6) is -0.393. The van der Waals surface area contributed by atoms with Crippen molar-refractivity contribution in [3.63, 3.8) is 0 Å². The number of nitro benzene ring substituents is 1. The number of ether oxygens (including phenoxy) is 1. The number of urea groups is 1. The zero-order valence-corrected chi connectivity index (χ0v) is 9.37. The average Bonchev–Trinajstić information content (AvgIpc) is 2.68. The topological polar surface area (TPSA) is 102 Å². The third-order valence-electron chi connectivity index (χ3n) is 2.46. The van der Waals surface area contributed by atoms with Crippen molar-refractivity contribution in [3.05, 3.63) is 28.3 Å². The second-order valence-electron chi connectivity index (χ2n) is 3.50. The van der Waals surface area contributed by atoms with Crippen LogP contribution in [0.25, 0.3) is 0 Å². The van der Waals surface area contributed by atoms with Gasteiger partial charge in [0.15, 0.2) is 5.75 Å². The van der Waals surface area contributed by atoms with Gasteiger partial charge in [0.05, 0.1) is 24.3 Å². The van der Waals surface area contributed by atoms with E-state index in [0.717, 1.165) is 11.0 Å². The van der Waals surface area contributed by atoms with Gasteiger partial charge >= 0.3 is 11.7 Å².